The van der Waals surface area contributed by atoms with Gasteiger partial charge in [0.25, 0.3) is 0 Å². The Bertz CT molecular complexity index is 174. The zero-order valence-electron chi connectivity index (χ0n) is 8.92. The maximum atomic E-state index is 11.7. The summed E-state index contributed by atoms with van der Waals surface area (Å²) in [6.45, 7) is 4.97. The van der Waals surface area contributed by atoms with Gasteiger partial charge in [0.05, 0.1) is 0 Å². The van der Waals surface area contributed by atoms with Crippen LogP contribution in [0.3, 0.4) is 0 Å². The van der Waals surface area contributed by atoms with Gasteiger partial charge in [0.1, 0.15) is 0 Å². The lowest BCUT2D eigenvalue weighted by Gasteiger charge is -2.30. The van der Waals surface area contributed by atoms with Crippen molar-refractivity contribution in [3.63, 3.8) is 0 Å². The standard InChI is InChI=1S/C10H20N2O/c1-4-12(3)10(13)9-5-7-11(2)8-6-9/h9H,4-8H2,1-3H3. The summed E-state index contributed by atoms with van der Waals surface area (Å²) in [5.74, 6) is 0.608. The molecule has 0 aromatic heterocycles. The highest BCUT2D eigenvalue weighted by Crippen LogP contribution is 2.17. The molecule has 1 saturated heterocycles. The van der Waals surface area contributed by atoms with Crippen LogP contribution < -0.4 is 0 Å². The zero-order chi connectivity index (χ0) is 9.84. The van der Waals surface area contributed by atoms with E-state index in [0.29, 0.717) is 5.91 Å². The van der Waals surface area contributed by atoms with Gasteiger partial charge >= 0.3 is 0 Å². The molecule has 0 aliphatic carbocycles. The topological polar surface area (TPSA) is 23.6 Å². The molecule has 0 atom stereocenters. The van der Waals surface area contributed by atoms with Crippen LogP contribution in [0.25, 0.3) is 0 Å². The Morgan fingerprint density at radius 3 is 2.46 bits per heavy atom. The Hall–Kier alpha value is -0.570. The van der Waals surface area contributed by atoms with Crippen molar-refractivity contribution >= 4 is 5.91 Å². The summed E-state index contributed by atoms with van der Waals surface area (Å²) in [7, 11) is 4.00. The van der Waals surface area contributed by atoms with E-state index in [2.05, 4.69) is 11.9 Å². The van der Waals surface area contributed by atoms with E-state index in [0.717, 1.165) is 32.5 Å². The van der Waals surface area contributed by atoms with E-state index in [1.54, 1.807) is 0 Å². The Morgan fingerprint density at radius 2 is 2.00 bits per heavy atom. The highest BCUT2D eigenvalue weighted by atomic mass is 16.2. The molecule has 1 amide bonds. The van der Waals surface area contributed by atoms with E-state index in [9.17, 15) is 4.79 Å². The van der Waals surface area contributed by atoms with Crippen LogP contribution in [0.5, 0.6) is 0 Å². The van der Waals surface area contributed by atoms with E-state index in [4.69, 9.17) is 0 Å². The average molecular weight is 184 g/mol. The first-order valence-corrected chi connectivity index (χ1v) is 5.08. The van der Waals surface area contributed by atoms with Crippen molar-refractivity contribution in [3.8, 4) is 0 Å². The lowest BCUT2D eigenvalue weighted by atomic mass is 9.96. The normalized spacial score (nSPS) is 20.2. The highest BCUT2D eigenvalue weighted by molar-refractivity contribution is 5.78. The van der Waals surface area contributed by atoms with Crippen LogP contribution in [0.1, 0.15) is 19.8 Å². The SMILES string of the molecule is CCN(C)C(=O)C1CCN(C)CC1. The number of piperidine rings is 1. The largest absolute Gasteiger partial charge is 0.346 e. The molecule has 0 unspecified atom stereocenters. The molecule has 0 N–H and O–H groups in total. The van der Waals surface area contributed by atoms with E-state index in [1.165, 1.54) is 0 Å². The molecule has 1 rings (SSSR count). The minimum Gasteiger partial charge on any atom is -0.346 e. The molecule has 0 aromatic rings. The van der Waals surface area contributed by atoms with Gasteiger partial charge in [0, 0.05) is 19.5 Å². The van der Waals surface area contributed by atoms with Crippen molar-refractivity contribution in [1.29, 1.82) is 0 Å². The van der Waals surface area contributed by atoms with Crippen LogP contribution in [0, 0.1) is 5.92 Å². The molecule has 1 aliphatic heterocycles. The lowest BCUT2D eigenvalue weighted by Crippen LogP contribution is -2.39. The molecule has 3 heteroatoms. The Labute approximate surface area is 80.7 Å². The molecule has 1 heterocycles. The minimum atomic E-state index is 0.279. The fourth-order valence-electron chi connectivity index (χ4n) is 1.72. The van der Waals surface area contributed by atoms with Gasteiger partial charge in [-0.15, -0.1) is 0 Å². The molecular formula is C10H20N2O. The van der Waals surface area contributed by atoms with Crippen molar-refractivity contribution < 1.29 is 4.79 Å². The van der Waals surface area contributed by atoms with Gasteiger partial charge in [-0.2, -0.15) is 0 Å². The molecule has 13 heavy (non-hydrogen) atoms. The van der Waals surface area contributed by atoms with Crippen LogP contribution in [0.2, 0.25) is 0 Å². The smallest absolute Gasteiger partial charge is 0.225 e. The molecule has 0 radical (unpaired) electrons. The first-order valence-electron chi connectivity index (χ1n) is 5.08. The van der Waals surface area contributed by atoms with Gasteiger partial charge in [-0.3, -0.25) is 4.79 Å². The van der Waals surface area contributed by atoms with Crippen molar-refractivity contribution in [2.45, 2.75) is 19.8 Å². The number of likely N-dealkylation sites (tertiary alicyclic amines) is 1. The Morgan fingerprint density at radius 1 is 1.46 bits per heavy atom. The van der Waals surface area contributed by atoms with E-state index in [-0.39, 0.29) is 5.92 Å². The lowest BCUT2D eigenvalue weighted by molar-refractivity contribution is -0.135. The third-order valence-corrected chi connectivity index (χ3v) is 2.92. The quantitative estimate of drug-likeness (QED) is 0.634. The van der Waals surface area contributed by atoms with E-state index < -0.39 is 0 Å². The molecule has 0 bridgehead atoms. The molecule has 0 spiro atoms. The second-order valence-electron chi connectivity index (χ2n) is 3.93. The van der Waals surface area contributed by atoms with Gasteiger partial charge in [-0.05, 0) is 39.9 Å². The predicted molar refractivity (Wildman–Crippen MR) is 53.5 cm³/mol. The van der Waals surface area contributed by atoms with Crippen LogP contribution in [-0.2, 0) is 4.79 Å². The molecule has 3 nitrogen and oxygen atoms in total. The van der Waals surface area contributed by atoms with Gasteiger partial charge < -0.3 is 9.80 Å². The third-order valence-electron chi connectivity index (χ3n) is 2.92. The second-order valence-corrected chi connectivity index (χ2v) is 3.93. The van der Waals surface area contributed by atoms with Crippen LogP contribution >= 0.6 is 0 Å². The van der Waals surface area contributed by atoms with Gasteiger partial charge in [-0.25, -0.2) is 0 Å². The molecule has 1 fully saturated rings. The Kier molecular flexibility index (Phi) is 3.72. The fourth-order valence-corrected chi connectivity index (χ4v) is 1.72. The predicted octanol–water partition coefficient (Wildman–Crippen LogP) is 0.807. The summed E-state index contributed by atoms with van der Waals surface area (Å²) in [5.41, 5.74) is 0. The van der Waals surface area contributed by atoms with Gasteiger partial charge in [0.2, 0.25) is 5.91 Å². The van der Waals surface area contributed by atoms with Gasteiger partial charge in [0.15, 0.2) is 0 Å². The van der Waals surface area contributed by atoms with E-state index in [1.807, 2.05) is 18.9 Å². The number of rotatable bonds is 2. The van der Waals surface area contributed by atoms with Gasteiger partial charge in [-0.1, -0.05) is 0 Å². The maximum absolute atomic E-state index is 11.7. The maximum Gasteiger partial charge on any atom is 0.225 e. The molecule has 76 valence electrons. The summed E-state index contributed by atoms with van der Waals surface area (Å²) < 4.78 is 0. The summed E-state index contributed by atoms with van der Waals surface area (Å²) in [6.07, 6.45) is 2.05. The van der Waals surface area contributed by atoms with Crippen LogP contribution in [0.15, 0.2) is 0 Å². The van der Waals surface area contributed by atoms with Crippen LogP contribution in [0.4, 0.5) is 0 Å². The molecule has 0 saturated carbocycles. The molecule has 0 aromatic carbocycles. The van der Waals surface area contributed by atoms with Crippen molar-refractivity contribution in [3.05, 3.63) is 0 Å². The summed E-state index contributed by atoms with van der Waals surface area (Å²) in [6, 6.07) is 0. The van der Waals surface area contributed by atoms with Crippen molar-refractivity contribution in [1.82, 2.24) is 9.80 Å². The number of amides is 1. The Balaban J connectivity index is 2.40. The number of carbonyl (C=O) groups is 1. The van der Waals surface area contributed by atoms with Crippen LogP contribution in [-0.4, -0.2) is 49.4 Å². The third kappa shape index (κ3) is 2.69. The zero-order valence-corrected chi connectivity index (χ0v) is 8.92. The van der Waals surface area contributed by atoms with Crippen molar-refractivity contribution in [2.24, 2.45) is 5.92 Å². The van der Waals surface area contributed by atoms with Crippen molar-refractivity contribution in [2.75, 3.05) is 33.7 Å². The number of hydrogen-bond acceptors (Lipinski definition) is 2. The van der Waals surface area contributed by atoms with E-state index >= 15 is 0 Å². The first-order chi connectivity index (χ1) is 6.15. The molecule has 1 aliphatic rings. The number of hydrogen-bond donors (Lipinski definition) is 0. The number of carbonyl (C=O) groups excluding carboxylic acids is 1. The summed E-state index contributed by atoms with van der Waals surface area (Å²) in [4.78, 5) is 15.9. The second kappa shape index (κ2) is 4.61. The first kappa shape index (κ1) is 10.5. The fraction of sp³-hybridized carbons (Fsp3) is 0.900. The summed E-state index contributed by atoms with van der Waals surface area (Å²) >= 11 is 0. The average Bonchev–Trinajstić information content (AvgIpc) is 2.17. The minimum absolute atomic E-state index is 0.279. The highest BCUT2D eigenvalue weighted by Gasteiger charge is 2.24. The monoisotopic (exact) mass is 184 g/mol. The molecular weight excluding hydrogens is 164 g/mol. The summed E-state index contributed by atoms with van der Waals surface area (Å²) in [5, 5.41) is 0. The number of nitrogens with zero attached hydrogens (tertiary/aromatic N) is 2.